The highest BCUT2D eigenvalue weighted by Crippen LogP contribution is 2.25. The van der Waals surface area contributed by atoms with E-state index in [0.717, 1.165) is 16.7 Å². The minimum Gasteiger partial charge on any atom is -0.508 e. The van der Waals surface area contributed by atoms with Crippen LogP contribution in [-0.4, -0.2) is 18.8 Å². The molecule has 1 atom stereocenters. The first-order valence-electron chi connectivity index (χ1n) is 4.61. The van der Waals surface area contributed by atoms with Crippen molar-refractivity contribution < 1.29 is 9.84 Å². The number of phenols is 1. The lowest BCUT2D eigenvalue weighted by Crippen LogP contribution is -2.18. The van der Waals surface area contributed by atoms with Crippen molar-refractivity contribution in [3.63, 3.8) is 0 Å². The Morgan fingerprint density at radius 2 is 1.86 bits per heavy atom. The zero-order chi connectivity index (χ0) is 10.7. The minimum absolute atomic E-state index is 0.124. The lowest BCUT2D eigenvalue weighted by Gasteiger charge is -2.17. The summed E-state index contributed by atoms with van der Waals surface area (Å²) in [6.45, 7) is 4.38. The van der Waals surface area contributed by atoms with Gasteiger partial charge in [0.1, 0.15) is 5.75 Å². The summed E-state index contributed by atoms with van der Waals surface area (Å²) in [6.07, 6.45) is 0. The van der Waals surface area contributed by atoms with Crippen LogP contribution in [0.2, 0.25) is 0 Å². The Hall–Kier alpha value is -1.06. The van der Waals surface area contributed by atoms with Crippen LogP contribution in [0.15, 0.2) is 12.1 Å². The molecule has 0 spiro atoms. The first kappa shape index (κ1) is 11.0. The van der Waals surface area contributed by atoms with Gasteiger partial charge in [-0.15, -0.1) is 0 Å². The summed E-state index contributed by atoms with van der Waals surface area (Å²) in [5.74, 6) is 0.286. The van der Waals surface area contributed by atoms with Gasteiger partial charge in [-0.3, -0.25) is 0 Å². The zero-order valence-electron chi connectivity index (χ0n) is 8.87. The smallest absolute Gasteiger partial charge is 0.116 e. The topological polar surface area (TPSA) is 55.5 Å². The van der Waals surface area contributed by atoms with E-state index in [1.54, 1.807) is 19.2 Å². The molecule has 0 heterocycles. The molecule has 0 unspecified atom stereocenters. The Morgan fingerprint density at radius 1 is 1.36 bits per heavy atom. The van der Waals surface area contributed by atoms with Crippen molar-refractivity contribution in [1.29, 1.82) is 0 Å². The fourth-order valence-corrected chi connectivity index (χ4v) is 1.80. The van der Waals surface area contributed by atoms with E-state index in [2.05, 4.69) is 0 Å². The third-order valence-corrected chi connectivity index (χ3v) is 2.30. The third kappa shape index (κ3) is 2.25. The quantitative estimate of drug-likeness (QED) is 0.771. The van der Waals surface area contributed by atoms with Crippen LogP contribution in [0.4, 0.5) is 0 Å². The molecule has 1 rings (SSSR count). The molecule has 3 nitrogen and oxygen atoms in total. The SMILES string of the molecule is COC[C@H](N)c1c(C)cc(O)cc1C. The van der Waals surface area contributed by atoms with Crippen LogP contribution in [0.25, 0.3) is 0 Å². The van der Waals surface area contributed by atoms with Gasteiger partial charge in [0.25, 0.3) is 0 Å². The van der Waals surface area contributed by atoms with Gasteiger partial charge in [-0.2, -0.15) is 0 Å². The van der Waals surface area contributed by atoms with Crippen molar-refractivity contribution in [2.24, 2.45) is 5.73 Å². The first-order valence-corrected chi connectivity index (χ1v) is 4.61. The molecule has 1 aromatic carbocycles. The first-order chi connectivity index (χ1) is 6.56. The van der Waals surface area contributed by atoms with E-state index in [0.29, 0.717) is 6.61 Å². The minimum atomic E-state index is -0.124. The highest BCUT2D eigenvalue weighted by atomic mass is 16.5. The van der Waals surface area contributed by atoms with Gasteiger partial charge in [-0.25, -0.2) is 0 Å². The summed E-state index contributed by atoms with van der Waals surface area (Å²) in [7, 11) is 1.63. The molecule has 78 valence electrons. The molecular weight excluding hydrogens is 178 g/mol. The average molecular weight is 195 g/mol. The van der Waals surface area contributed by atoms with Crippen LogP contribution >= 0.6 is 0 Å². The van der Waals surface area contributed by atoms with Crippen LogP contribution < -0.4 is 5.73 Å². The number of methoxy groups -OCH3 is 1. The Morgan fingerprint density at radius 3 is 2.29 bits per heavy atom. The summed E-state index contributed by atoms with van der Waals surface area (Å²) < 4.78 is 5.01. The summed E-state index contributed by atoms with van der Waals surface area (Å²) in [5.41, 5.74) is 9.02. The molecular formula is C11H17NO2. The van der Waals surface area contributed by atoms with Crippen molar-refractivity contribution in [2.75, 3.05) is 13.7 Å². The molecule has 0 aliphatic heterocycles. The van der Waals surface area contributed by atoms with Crippen molar-refractivity contribution in [2.45, 2.75) is 19.9 Å². The van der Waals surface area contributed by atoms with E-state index in [4.69, 9.17) is 10.5 Å². The van der Waals surface area contributed by atoms with Gasteiger partial charge in [0.2, 0.25) is 0 Å². The van der Waals surface area contributed by atoms with Gasteiger partial charge < -0.3 is 15.6 Å². The molecule has 3 N–H and O–H groups in total. The van der Waals surface area contributed by atoms with E-state index in [-0.39, 0.29) is 11.8 Å². The van der Waals surface area contributed by atoms with E-state index in [1.165, 1.54) is 0 Å². The van der Waals surface area contributed by atoms with Crippen LogP contribution in [0.3, 0.4) is 0 Å². The van der Waals surface area contributed by atoms with E-state index in [1.807, 2.05) is 13.8 Å². The highest BCUT2D eigenvalue weighted by molar-refractivity contribution is 5.42. The molecule has 3 heteroatoms. The highest BCUT2D eigenvalue weighted by Gasteiger charge is 2.12. The fourth-order valence-electron chi connectivity index (χ4n) is 1.80. The number of ether oxygens (including phenoxy) is 1. The molecule has 1 aromatic rings. The molecule has 0 bridgehead atoms. The molecule has 0 radical (unpaired) electrons. The van der Waals surface area contributed by atoms with E-state index in [9.17, 15) is 5.11 Å². The van der Waals surface area contributed by atoms with Crippen molar-refractivity contribution in [3.8, 4) is 5.75 Å². The lowest BCUT2D eigenvalue weighted by molar-refractivity contribution is 0.180. The fraction of sp³-hybridized carbons (Fsp3) is 0.455. The van der Waals surface area contributed by atoms with Gasteiger partial charge in [-0.1, -0.05) is 0 Å². The number of aromatic hydroxyl groups is 1. The largest absolute Gasteiger partial charge is 0.508 e. The number of benzene rings is 1. The maximum Gasteiger partial charge on any atom is 0.116 e. The van der Waals surface area contributed by atoms with Gasteiger partial charge in [0.15, 0.2) is 0 Å². The molecule has 0 fully saturated rings. The number of aryl methyl sites for hydroxylation is 2. The number of hydrogen-bond acceptors (Lipinski definition) is 3. The lowest BCUT2D eigenvalue weighted by atomic mass is 9.96. The Balaban J connectivity index is 3.07. The van der Waals surface area contributed by atoms with Crippen molar-refractivity contribution in [3.05, 3.63) is 28.8 Å². The monoisotopic (exact) mass is 195 g/mol. The van der Waals surface area contributed by atoms with Gasteiger partial charge in [-0.05, 0) is 42.7 Å². The maximum absolute atomic E-state index is 9.36. The molecule has 0 saturated carbocycles. The molecule has 0 amide bonds. The predicted molar refractivity (Wildman–Crippen MR) is 56.4 cm³/mol. The van der Waals surface area contributed by atoms with Crippen LogP contribution in [0, 0.1) is 13.8 Å². The zero-order valence-corrected chi connectivity index (χ0v) is 8.87. The number of rotatable bonds is 3. The standard InChI is InChI=1S/C11H17NO2/c1-7-4-9(13)5-8(2)11(7)10(12)6-14-3/h4-5,10,13H,6,12H2,1-3H3/t10-/m0/s1. The van der Waals surface area contributed by atoms with Crippen LogP contribution in [0.5, 0.6) is 5.75 Å². The predicted octanol–water partition coefficient (Wildman–Crippen LogP) is 1.66. The van der Waals surface area contributed by atoms with Crippen LogP contribution in [-0.2, 0) is 4.74 Å². The van der Waals surface area contributed by atoms with Crippen LogP contribution in [0.1, 0.15) is 22.7 Å². The molecule has 0 aromatic heterocycles. The summed E-state index contributed by atoms with van der Waals surface area (Å²) in [5, 5.41) is 9.36. The van der Waals surface area contributed by atoms with Gasteiger partial charge >= 0.3 is 0 Å². The van der Waals surface area contributed by atoms with Gasteiger partial charge in [0.05, 0.1) is 12.6 Å². The van der Waals surface area contributed by atoms with Crippen molar-refractivity contribution in [1.82, 2.24) is 0 Å². The average Bonchev–Trinajstić information content (AvgIpc) is 2.01. The molecule has 0 aliphatic rings. The third-order valence-electron chi connectivity index (χ3n) is 2.30. The number of phenolic OH excluding ortho intramolecular Hbond substituents is 1. The second kappa shape index (κ2) is 4.44. The summed E-state index contributed by atoms with van der Waals surface area (Å²) >= 11 is 0. The van der Waals surface area contributed by atoms with E-state index < -0.39 is 0 Å². The van der Waals surface area contributed by atoms with Crippen molar-refractivity contribution >= 4 is 0 Å². The second-order valence-electron chi connectivity index (χ2n) is 3.56. The number of nitrogens with two attached hydrogens (primary N) is 1. The molecule has 0 aliphatic carbocycles. The Kier molecular flexibility index (Phi) is 3.49. The molecule has 14 heavy (non-hydrogen) atoms. The summed E-state index contributed by atoms with van der Waals surface area (Å²) in [6, 6.07) is 3.32. The maximum atomic E-state index is 9.36. The Labute approximate surface area is 84.5 Å². The summed E-state index contributed by atoms with van der Waals surface area (Å²) in [4.78, 5) is 0. The van der Waals surface area contributed by atoms with Gasteiger partial charge in [0, 0.05) is 7.11 Å². The number of hydrogen-bond donors (Lipinski definition) is 2. The second-order valence-corrected chi connectivity index (χ2v) is 3.56. The normalized spacial score (nSPS) is 12.9. The molecule has 0 saturated heterocycles. The Bertz CT molecular complexity index is 300. The van der Waals surface area contributed by atoms with E-state index >= 15 is 0 Å².